The fourth-order valence-electron chi connectivity index (χ4n) is 4.34. The number of benzene rings is 2. The normalized spacial score (nSPS) is 11.8. The molecule has 0 saturated heterocycles. The molecule has 3 N–H and O–H groups in total. The second-order valence-electron chi connectivity index (χ2n) is 10.2. The molecule has 178 valence electrons. The highest BCUT2D eigenvalue weighted by molar-refractivity contribution is 5.61. The molecule has 0 aliphatic heterocycles. The van der Waals surface area contributed by atoms with E-state index in [-0.39, 0.29) is 0 Å². The van der Waals surface area contributed by atoms with Gasteiger partial charge in [-0.15, -0.1) is 0 Å². The van der Waals surface area contributed by atoms with Crippen LogP contribution in [0.4, 0.5) is 11.4 Å². The number of anilines is 2. The topological polar surface area (TPSA) is 36.1 Å². The smallest absolute Gasteiger partial charge is 0.0410 e. The predicted molar refractivity (Wildman–Crippen MR) is 144 cm³/mol. The Hall–Kier alpha value is -2.00. The Bertz CT molecular complexity index is 699. The van der Waals surface area contributed by atoms with Crippen molar-refractivity contribution in [1.82, 2.24) is 5.32 Å². The molecule has 0 aliphatic carbocycles. The maximum atomic E-state index is 3.75. The highest BCUT2D eigenvalue weighted by Gasteiger charge is 2.14. The van der Waals surface area contributed by atoms with Crippen molar-refractivity contribution in [3.63, 3.8) is 0 Å². The molecule has 0 aliphatic rings. The maximum absolute atomic E-state index is 3.75. The predicted octanol–water partition coefficient (Wildman–Crippen LogP) is 7.68. The van der Waals surface area contributed by atoms with Gasteiger partial charge in [-0.25, -0.2) is 0 Å². The van der Waals surface area contributed by atoms with E-state index in [9.17, 15) is 0 Å². The van der Waals surface area contributed by atoms with Gasteiger partial charge in [0.05, 0.1) is 0 Å². The van der Waals surface area contributed by atoms with Gasteiger partial charge in [-0.1, -0.05) is 91.8 Å². The quantitative estimate of drug-likeness (QED) is 0.281. The molecule has 2 aromatic rings. The van der Waals surface area contributed by atoms with Crippen LogP contribution in [0.15, 0.2) is 36.4 Å². The van der Waals surface area contributed by atoms with Crippen LogP contribution in [0.1, 0.15) is 108 Å². The summed E-state index contributed by atoms with van der Waals surface area (Å²) in [5.41, 5.74) is 8.39. The van der Waals surface area contributed by atoms with Gasteiger partial charge in [-0.2, -0.15) is 0 Å². The maximum Gasteiger partial charge on any atom is 0.0410 e. The van der Waals surface area contributed by atoms with Crippen molar-refractivity contribution in [3.8, 4) is 0 Å². The molecular weight excluding hydrogens is 390 g/mol. The van der Waals surface area contributed by atoms with E-state index in [1.165, 1.54) is 33.6 Å². The Morgan fingerprint density at radius 2 is 0.875 bits per heavy atom. The molecule has 2 rings (SSSR count). The van der Waals surface area contributed by atoms with Crippen LogP contribution in [0.5, 0.6) is 0 Å². The molecule has 3 nitrogen and oxygen atoms in total. The van der Waals surface area contributed by atoms with Crippen molar-refractivity contribution in [1.29, 1.82) is 0 Å². The Morgan fingerprint density at radius 1 is 0.500 bits per heavy atom. The van der Waals surface area contributed by atoms with Crippen LogP contribution in [0.25, 0.3) is 0 Å². The molecule has 0 bridgehead atoms. The standard InChI is InChI=1S/C29H47N3/c1-20(2)24-12-9-13-25(21(3)4)28(24)31-17-11-16-30-18-19-32-29-26(22(5)6)14-10-15-27(29)23(7)8/h9-10,12-15,20-23,30-32H,11,16-19H2,1-8H3. The van der Waals surface area contributed by atoms with Gasteiger partial charge in [-0.05, 0) is 58.9 Å². The van der Waals surface area contributed by atoms with Crippen LogP contribution in [0.2, 0.25) is 0 Å². The van der Waals surface area contributed by atoms with Gasteiger partial charge in [0.1, 0.15) is 0 Å². The zero-order valence-electron chi connectivity index (χ0n) is 21.8. The summed E-state index contributed by atoms with van der Waals surface area (Å²) in [5, 5.41) is 11.1. The second-order valence-corrected chi connectivity index (χ2v) is 10.2. The molecule has 0 spiro atoms. The summed E-state index contributed by atoms with van der Waals surface area (Å²) >= 11 is 0. The molecule has 0 amide bonds. The molecule has 0 radical (unpaired) electrons. The van der Waals surface area contributed by atoms with Crippen LogP contribution in [-0.2, 0) is 0 Å². The molecule has 0 heterocycles. The molecule has 0 aromatic heterocycles. The van der Waals surface area contributed by atoms with Gasteiger partial charge in [0.2, 0.25) is 0 Å². The van der Waals surface area contributed by atoms with Gasteiger partial charge in [0, 0.05) is 31.0 Å². The Kier molecular flexibility index (Phi) is 10.6. The third-order valence-corrected chi connectivity index (χ3v) is 6.18. The van der Waals surface area contributed by atoms with Crippen molar-refractivity contribution in [2.75, 3.05) is 36.8 Å². The largest absolute Gasteiger partial charge is 0.385 e. The second kappa shape index (κ2) is 12.9. The SMILES string of the molecule is CC(C)c1cccc(C(C)C)c1NCCCNCCNc1c(C(C)C)cccc1C(C)C. The molecule has 3 heteroatoms. The van der Waals surface area contributed by atoms with Gasteiger partial charge < -0.3 is 16.0 Å². The molecule has 0 saturated carbocycles. The fraction of sp³-hybridized carbons (Fsp3) is 0.586. The van der Waals surface area contributed by atoms with Gasteiger partial charge >= 0.3 is 0 Å². The molecule has 0 fully saturated rings. The average Bonchev–Trinajstić information content (AvgIpc) is 2.74. The summed E-state index contributed by atoms with van der Waals surface area (Å²) in [6.07, 6.45) is 1.11. The first kappa shape index (κ1) is 26.3. The summed E-state index contributed by atoms with van der Waals surface area (Å²) < 4.78 is 0. The lowest BCUT2D eigenvalue weighted by Gasteiger charge is -2.21. The molecule has 2 aromatic carbocycles. The van der Waals surface area contributed by atoms with Gasteiger partial charge in [0.25, 0.3) is 0 Å². The Balaban J connectivity index is 1.80. The lowest BCUT2D eigenvalue weighted by Crippen LogP contribution is -2.25. The summed E-state index contributed by atoms with van der Waals surface area (Å²) in [5.74, 6) is 2.12. The van der Waals surface area contributed by atoms with E-state index in [1.54, 1.807) is 0 Å². The van der Waals surface area contributed by atoms with Crippen molar-refractivity contribution < 1.29 is 0 Å². The van der Waals surface area contributed by atoms with Crippen LogP contribution in [-0.4, -0.2) is 26.2 Å². The monoisotopic (exact) mass is 437 g/mol. The van der Waals surface area contributed by atoms with Gasteiger partial charge in [-0.3, -0.25) is 0 Å². The lowest BCUT2D eigenvalue weighted by atomic mass is 9.92. The van der Waals surface area contributed by atoms with Crippen molar-refractivity contribution in [3.05, 3.63) is 58.7 Å². The first-order valence-corrected chi connectivity index (χ1v) is 12.7. The minimum Gasteiger partial charge on any atom is -0.385 e. The minimum absolute atomic E-state index is 0.527. The van der Waals surface area contributed by atoms with E-state index in [1.807, 2.05) is 0 Å². The molecular formula is C29H47N3. The summed E-state index contributed by atoms with van der Waals surface area (Å²) in [6.45, 7) is 22.2. The Labute approximate surface area is 197 Å². The minimum atomic E-state index is 0.527. The number of hydrogen-bond donors (Lipinski definition) is 3. The fourth-order valence-corrected chi connectivity index (χ4v) is 4.34. The summed E-state index contributed by atoms with van der Waals surface area (Å²) in [4.78, 5) is 0. The zero-order valence-corrected chi connectivity index (χ0v) is 21.8. The summed E-state index contributed by atoms with van der Waals surface area (Å²) in [7, 11) is 0. The molecule has 32 heavy (non-hydrogen) atoms. The highest BCUT2D eigenvalue weighted by atomic mass is 15.0. The van der Waals surface area contributed by atoms with Crippen LogP contribution < -0.4 is 16.0 Å². The number of hydrogen-bond acceptors (Lipinski definition) is 3. The highest BCUT2D eigenvalue weighted by Crippen LogP contribution is 2.33. The van der Waals surface area contributed by atoms with Gasteiger partial charge in [0.15, 0.2) is 0 Å². The first-order chi connectivity index (χ1) is 15.2. The average molecular weight is 438 g/mol. The first-order valence-electron chi connectivity index (χ1n) is 12.7. The molecule has 0 unspecified atom stereocenters. The van der Waals surface area contributed by atoms with E-state index >= 15 is 0 Å². The van der Waals surface area contributed by atoms with E-state index in [0.29, 0.717) is 23.7 Å². The zero-order chi connectivity index (χ0) is 23.7. The molecule has 0 atom stereocenters. The van der Waals surface area contributed by atoms with Crippen LogP contribution >= 0.6 is 0 Å². The van der Waals surface area contributed by atoms with Crippen LogP contribution in [0.3, 0.4) is 0 Å². The van der Waals surface area contributed by atoms with E-state index in [4.69, 9.17) is 0 Å². The third kappa shape index (κ3) is 7.27. The number of rotatable bonds is 13. The summed E-state index contributed by atoms with van der Waals surface area (Å²) in [6, 6.07) is 13.5. The number of nitrogens with one attached hydrogen (secondary N) is 3. The number of para-hydroxylation sites is 2. The Morgan fingerprint density at radius 3 is 1.25 bits per heavy atom. The third-order valence-electron chi connectivity index (χ3n) is 6.18. The van der Waals surface area contributed by atoms with Crippen LogP contribution in [0, 0.1) is 0 Å². The van der Waals surface area contributed by atoms with E-state index in [0.717, 1.165) is 32.6 Å². The van der Waals surface area contributed by atoms with Crippen molar-refractivity contribution in [2.45, 2.75) is 85.5 Å². The lowest BCUT2D eigenvalue weighted by molar-refractivity contribution is 0.673. The van der Waals surface area contributed by atoms with E-state index < -0.39 is 0 Å². The van der Waals surface area contributed by atoms with E-state index in [2.05, 4.69) is 108 Å². The van der Waals surface area contributed by atoms with Crippen molar-refractivity contribution >= 4 is 11.4 Å². The van der Waals surface area contributed by atoms with Crippen molar-refractivity contribution in [2.24, 2.45) is 0 Å².